The van der Waals surface area contributed by atoms with Crippen molar-refractivity contribution in [3.63, 3.8) is 0 Å². The van der Waals surface area contributed by atoms with Gasteiger partial charge in [0.25, 0.3) is 15.7 Å². The van der Waals surface area contributed by atoms with Crippen LogP contribution < -0.4 is 10.1 Å². The molecule has 3 aromatic carbocycles. The number of benzene rings is 3. The third kappa shape index (κ3) is 5.41. The Morgan fingerprint density at radius 2 is 1.74 bits per heavy atom. The summed E-state index contributed by atoms with van der Waals surface area (Å²) >= 11 is 5.77. The average molecular weight is 463 g/mol. The Morgan fingerprint density at radius 3 is 2.39 bits per heavy atom. The number of hydrogen-bond donors (Lipinski definition) is 4. The van der Waals surface area contributed by atoms with Gasteiger partial charge in [0, 0.05) is 28.4 Å². The Hall–Kier alpha value is -3.83. The molecule has 0 radical (unpaired) electrons. The van der Waals surface area contributed by atoms with E-state index in [-0.39, 0.29) is 33.3 Å². The average Bonchev–Trinajstić information content (AvgIpc) is 2.71. The summed E-state index contributed by atoms with van der Waals surface area (Å²) in [4.78, 5) is 10.4. The van der Waals surface area contributed by atoms with E-state index in [0.717, 1.165) is 12.1 Å². The van der Waals surface area contributed by atoms with E-state index in [0.29, 0.717) is 5.02 Å². The monoisotopic (exact) mass is 462 g/mol. The van der Waals surface area contributed by atoms with Crippen LogP contribution in [0.3, 0.4) is 0 Å². The van der Waals surface area contributed by atoms with Crippen LogP contribution in [-0.2, 0) is 10.0 Å². The minimum absolute atomic E-state index is 0.0649. The lowest BCUT2D eigenvalue weighted by Gasteiger charge is -2.09. The van der Waals surface area contributed by atoms with Crippen LogP contribution in [0.5, 0.6) is 11.5 Å². The number of nitro groups is 1. The molecular formula is C19H15ClN4O6S. The van der Waals surface area contributed by atoms with Gasteiger partial charge in [-0.3, -0.25) is 20.3 Å². The van der Waals surface area contributed by atoms with Crippen molar-refractivity contribution in [1.29, 1.82) is 0 Å². The van der Waals surface area contributed by atoms with E-state index in [1.807, 2.05) is 0 Å². The van der Waals surface area contributed by atoms with Crippen LogP contribution in [0.1, 0.15) is 5.56 Å². The molecule has 3 rings (SSSR count). The maximum Gasteiger partial charge on any atom is 0.295 e. The molecule has 0 saturated carbocycles. The van der Waals surface area contributed by atoms with Gasteiger partial charge in [0.2, 0.25) is 0 Å². The second-order valence-corrected chi connectivity index (χ2v) is 8.28. The number of hydrazone groups is 1. The molecule has 0 bridgehead atoms. The number of nitrogens with zero attached hydrogens (tertiary/aromatic N) is 2. The van der Waals surface area contributed by atoms with Crippen LogP contribution >= 0.6 is 11.6 Å². The molecule has 10 nitrogen and oxygen atoms in total. The highest BCUT2D eigenvalue weighted by molar-refractivity contribution is 7.92. The van der Waals surface area contributed by atoms with Gasteiger partial charge in [-0.15, -0.1) is 0 Å². The number of nitro benzene ring substituents is 1. The van der Waals surface area contributed by atoms with Gasteiger partial charge in [-0.05, 0) is 48.5 Å². The molecule has 0 aliphatic rings. The van der Waals surface area contributed by atoms with E-state index in [2.05, 4.69) is 15.2 Å². The number of halogens is 1. The quantitative estimate of drug-likeness (QED) is 0.236. The van der Waals surface area contributed by atoms with E-state index in [4.69, 9.17) is 11.6 Å². The molecule has 0 saturated heterocycles. The highest BCUT2D eigenvalue weighted by atomic mass is 35.5. The van der Waals surface area contributed by atoms with E-state index in [9.17, 15) is 28.7 Å². The molecule has 0 heterocycles. The summed E-state index contributed by atoms with van der Waals surface area (Å²) in [5.74, 6) is -0.378. The molecule has 0 unspecified atom stereocenters. The van der Waals surface area contributed by atoms with Crippen LogP contribution in [0.2, 0.25) is 5.02 Å². The molecule has 0 amide bonds. The number of sulfonamides is 1. The standard InChI is InChI=1S/C19H15ClN4O6S/c20-13-2-4-14(5-3-13)23-31(29,30)16-7-8-17(18(10-16)24(27)28)22-21-11-12-1-6-15(25)9-19(12)26/h1-11,22-23,25-26H/b21-11-. The molecule has 0 atom stereocenters. The highest BCUT2D eigenvalue weighted by Gasteiger charge is 2.21. The Morgan fingerprint density at radius 1 is 1.03 bits per heavy atom. The van der Waals surface area contributed by atoms with Gasteiger partial charge in [0.05, 0.1) is 16.0 Å². The number of nitrogens with one attached hydrogen (secondary N) is 2. The number of hydrogen-bond acceptors (Lipinski definition) is 8. The van der Waals surface area contributed by atoms with Gasteiger partial charge < -0.3 is 10.2 Å². The van der Waals surface area contributed by atoms with Crippen LogP contribution in [-0.4, -0.2) is 29.8 Å². The Kier molecular flexibility index (Phi) is 6.28. The van der Waals surface area contributed by atoms with Crippen molar-refractivity contribution in [2.24, 2.45) is 5.10 Å². The fourth-order valence-electron chi connectivity index (χ4n) is 2.47. The summed E-state index contributed by atoms with van der Waals surface area (Å²) in [6.07, 6.45) is 1.19. The molecular weight excluding hydrogens is 448 g/mol. The number of anilines is 2. The topological polar surface area (TPSA) is 154 Å². The molecule has 0 fully saturated rings. The number of rotatable bonds is 7. The van der Waals surface area contributed by atoms with E-state index in [1.165, 1.54) is 54.7 Å². The molecule has 0 aliphatic heterocycles. The zero-order chi connectivity index (χ0) is 22.6. The SMILES string of the molecule is O=[N+]([O-])c1cc(S(=O)(=O)Nc2ccc(Cl)cc2)ccc1N/N=C\c1ccc(O)cc1O. The Bertz CT molecular complexity index is 1260. The smallest absolute Gasteiger partial charge is 0.295 e. The van der Waals surface area contributed by atoms with Gasteiger partial charge in [-0.2, -0.15) is 5.10 Å². The summed E-state index contributed by atoms with van der Waals surface area (Å²) < 4.78 is 27.5. The lowest BCUT2D eigenvalue weighted by molar-refractivity contribution is -0.384. The largest absolute Gasteiger partial charge is 0.508 e. The van der Waals surface area contributed by atoms with Crippen molar-refractivity contribution in [2.75, 3.05) is 10.1 Å². The van der Waals surface area contributed by atoms with Crippen molar-refractivity contribution in [2.45, 2.75) is 4.90 Å². The van der Waals surface area contributed by atoms with Crippen molar-refractivity contribution in [3.05, 3.63) is 81.4 Å². The molecule has 31 heavy (non-hydrogen) atoms. The first-order valence-electron chi connectivity index (χ1n) is 8.53. The Balaban J connectivity index is 1.84. The second kappa shape index (κ2) is 8.90. The van der Waals surface area contributed by atoms with E-state index < -0.39 is 20.6 Å². The maximum absolute atomic E-state index is 12.6. The minimum Gasteiger partial charge on any atom is -0.508 e. The molecule has 0 aliphatic carbocycles. The first kappa shape index (κ1) is 21.9. The van der Waals surface area contributed by atoms with Crippen LogP contribution in [0.15, 0.2) is 70.7 Å². The van der Waals surface area contributed by atoms with Crippen molar-refractivity contribution < 1.29 is 23.6 Å². The van der Waals surface area contributed by atoms with Crippen LogP contribution in [0, 0.1) is 10.1 Å². The Labute approximate surface area is 181 Å². The lowest BCUT2D eigenvalue weighted by atomic mass is 10.2. The highest BCUT2D eigenvalue weighted by Crippen LogP contribution is 2.29. The van der Waals surface area contributed by atoms with Crippen molar-refractivity contribution >= 4 is 44.9 Å². The fraction of sp³-hybridized carbons (Fsp3) is 0. The summed E-state index contributed by atoms with van der Waals surface area (Å²) in [5.41, 5.74) is 2.35. The summed E-state index contributed by atoms with van der Waals surface area (Å²) in [6, 6.07) is 13.0. The maximum atomic E-state index is 12.6. The zero-order valence-corrected chi connectivity index (χ0v) is 17.1. The normalized spacial score (nSPS) is 11.4. The first-order chi connectivity index (χ1) is 14.7. The summed E-state index contributed by atoms with van der Waals surface area (Å²) in [7, 11) is -4.09. The predicted octanol–water partition coefficient (Wildman–Crippen LogP) is 3.91. The van der Waals surface area contributed by atoms with Gasteiger partial charge in [-0.1, -0.05) is 11.6 Å². The first-order valence-corrected chi connectivity index (χ1v) is 10.4. The molecule has 4 N–H and O–H groups in total. The molecule has 3 aromatic rings. The van der Waals surface area contributed by atoms with Gasteiger partial charge >= 0.3 is 0 Å². The van der Waals surface area contributed by atoms with Gasteiger partial charge in [0.15, 0.2) is 0 Å². The van der Waals surface area contributed by atoms with E-state index in [1.54, 1.807) is 0 Å². The number of phenolic OH excluding ortho intramolecular Hbond substituents is 2. The molecule has 12 heteroatoms. The summed E-state index contributed by atoms with van der Waals surface area (Å²) in [6.45, 7) is 0. The zero-order valence-electron chi connectivity index (χ0n) is 15.6. The van der Waals surface area contributed by atoms with Crippen LogP contribution in [0.4, 0.5) is 17.1 Å². The molecule has 0 aromatic heterocycles. The lowest BCUT2D eigenvalue weighted by Crippen LogP contribution is -2.13. The third-order valence-corrected chi connectivity index (χ3v) is 5.61. The van der Waals surface area contributed by atoms with Crippen molar-refractivity contribution in [1.82, 2.24) is 0 Å². The van der Waals surface area contributed by atoms with Gasteiger partial charge in [-0.25, -0.2) is 8.42 Å². The second-order valence-electron chi connectivity index (χ2n) is 6.16. The van der Waals surface area contributed by atoms with Gasteiger partial charge in [0.1, 0.15) is 17.2 Å². The molecule has 160 valence electrons. The third-order valence-electron chi connectivity index (χ3n) is 3.98. The molecule has 0 spiro atoms. The van der Waals surface area contributed by atoms with Crippen LogP contribution in [0.25, 0.3) is 0 Å². The van der Waals surface area contributed by atoms with E-state index >= 15 is 0 Å². The number of aromatic hydroxyl groups is 2. The summed E-state index contributed by atoms with van der Waals surface area (Å²) in [5, 5.41) is 34.7. The minimum atomic E-state index is -4.09. The fourth-order valence-corrected chi connectivity index (χ4v) is 3.67. The predicted molar refractivity (Wildman–Crippen MR) is 116 cm³/mol. The van der Waals surface area contributed by atoms with Crippen molar-refractivity contribution in [3.8, 4) is 11.5 Å². The number of phenols is 2.